The highest BCUT2D eigenvalue weighted by Gasteiger charge is 2.27. The zero-order chi connectivity index (χ0) is 19.6. The SMILES string of the molecule is C/C(=C/C(=C\N)c1[nH]c2sc(Br)c(C(F)F)c2c1C(C)C)CN(C)C#N. The van der Waals surface area contributed by atoms with Crippen molar-refractivity contribution in [2.75, 3.05) is 13.6 Å². The number of rotatable bonds is 6. The van der Waals surface area contributed by atoms with Gasteiger partial charge in [-0.15, -0.1) is 11.3 Å². The van der Waals surface area contributed by atoms with Crippen LogP contribution in [0.3, 0.4) is 0 Å². The highest BCUT2D eigenvalue weighted by Crippen LogP contribution is 2.46. The molecule has 0 aromatic carbocycles. The lowest BCUT2D eigenvalue weighted by molar-refractivity contribution is 0.153. The van der Waals surface area contributed by atoms with E-state index >= 15 is 0 Å². The minimum absolute atomic E-state index is 0.0255. The summed E-state index contributed by atoms with van der Waals surface area (Å²) < 4.78 is 27.6. The number of aromatic nitrogens is 1. The van der Waals surface area contributed by atoms with Crippen molar-refractivity contribution in [2.45, 2.75) is 33.1 Å². The van der Waals surface area contributed by atoms with E-state index in [1.165, 1.54) is 22.4 Å². The molecule has 0 spiro atoms. The Balaban J connectivity index is 2.63. The van der Waals surface area contributed by atoms with Crippen LogP contribution in [0, 0.1) is 11.5 Å². The largest absolute Gasteiger partial charge is 0.404 e. The number of H-pyrrole nitrogens is 1. The Labute approximate surface area is 164 Å². The maximum atomic E-state index is 13.6. The first-order valence-electron chi connectivity index (χ1n) is 8.03. The highest BCUT2D eigenvalue weighted by molar-refractivity contribution is 9.11. The van der Waals surface area contributed by atoms with Gasteiger partial charge in [-0.3, -0.25) is 0 Å². The Morgan fingerprint density at radius 2 is 2.08 bits per heavy atom. The molecule has 4 nitrogen and oxygen atoms in total. The number of aromatic amines is 1. The molecule has 0 saturated carbocycles. The lowest BCUT2D eigenvalue weighted by atomic mass is 9.95. The molecule has 0 atom stereocenters. The van der Waals surface area contributed by atoms with Gasteiger partial charge in [0.25, 0.3) is 6.43 Å². The van der Waals surface area contributed by atoms with Crippen LogP contribution in [0.2, 0.25) is 0 Å². The average Bonchev–Trinajstić information content (AvgIpc) is 3.05. The van der Waals surface area contributed by atoms with E-state index in [-0.39, 0.29) is 11.5 Å². The molecule has 3 N–H and O–H groups in total. The topological polar surface area (TPSA) is 68.8 Å². The molecule has 0 fully saturated rings. The van der Waals surface area contributed by atoms with Crippen molar-refractivity contribution in [1.82, 2.24) is 9.88 Å². The van der Waals surface area contributed by atoms with Crippen LogP contribution in [0.25, 0.3) is 15.8 Å². The lowest BCUT2D eigenvalue weighted by Gasteiger charge is -2.13. The third kappa shape index (κ3) is 3.94. The van der Waals surface area contributed by atoms with Gasteiger partial charge in [0, 0.05) is 30.8 Å². The molecule has 2 heterocycles. The summed E-state index contributed by atoms with van der Waals surface area (Å²) in [7, 11) is 1.69. The normalized spacial score (nSPS) is 13.1. The number of hydrogen-bond acceptors (Lipinski definition) is 4. The monoisotopic (exact) mass is 442 g/mol. The van der Waals surface area contributed by atoms with Gasteiger partial charge in [0.05, 0.1) is 15.0 Å². The fourth-order valence-electron chi connectivity index (χ4n) is 3.00. The first kappa shape index (κ1) is 20.5. The van der Waals surface area contributed by atoms with Gasteiger partial charge in [-0.25, -0.2) is 8.78 Å². The van der Waals surface area contributed by atoms with Gasteiger partial charge in [-0.1, -0.05) is 25.5 Å². The molecule has 0 saturated heterocycles. The molecule has 0 unspecified atom stereocenters. The van der Waals surface area contributed by atoms with E-state index < -0.39 is 6.43 Å². The zero-order valence-electron chi connectivity index (χ0n) is 15.0. The van der Waals surface area contributed by atoms with E-state index in [0.29, 0.717) is 20.5 Å². The number of halogens is 3. The van der Waals surface area contributed by atoms with Crippen LogP contribution in [0.4, 0.5) is 8.78 Å². The van der Waals surface area contributed by atoms with Crippen LogP contribution >= 0.6 is 27.3 Å². The van der Waals surface area contributed by atoms with E-state index in [1.54, 1.807) is 7.05 Å². The predicted molar refractivity (Wildman–Crippen MR) is 107 cm³/mol. The summed E-state index contributed by atoms with van der Waals surface area (Å²) in [6.07, 6.45) is 2.83. The van der Waals surface area contributed by atoms with Gasteiger partial charge in [0.2, 0.25) is 0 Å². The summed E-state index contributed by atoms with van der Waals surface area (Å²) in [5.74, 6) is 0.0307. The maximum Gasteiger partial charge on any atom is 0.266 e. The quantitative estimate of drug-likeness (QED) is 0.341. The predicted octanol–water partition coefficient (Wildman–Crippen LogP) is 5.71. The van der Waals surface area contributed by atoms with Crippen molar-refractivity contribution in [1.29, 1.82) is 5.26 Å². The number of allylic oxidation sites excluding steroid dienone is 2. The molecular formula is C18H21BrF2N4S. The van der Waals surface area contributed by atoms with E-state index in [4.69, 9.17) is 11.0 Å². The second-order valence-corrected chi connectivity index (χ2v) is 8.77. The fourth-order valence-corrected chi connectivity index (χ4v) is 4.81. The molecule has 2 aromatic rings. The summed E-state index contributed by atoms with van der Waals surface area (Å²) in [6.45, 7) is 6.31. The highest BCUT2D eigenvalue weighted by atomic mass is 79.9. The Morgan fingerprint density at radius 1 is 1.42 bits per heavy atom. The number of hydrogen-bond donors (Lipinski definition) is 2. The summed E-state index contributed by atoms with van der Waals surface area (Å²) in [4.78, 5) is 5.47. The second-order valence-electron chi connectivity index (χ2n) is 6.43. The van der Waals surface area contributed by atoms with E-state index in [0.717, 1.165) is 22.4 Å². The molecule has 0 aliphatic carbocycles. The van der Waals surface area contributed by atoms with Crippen molar-refractivity contribution < 1.29 is 8.78 Å². The summed E-state index contributed by atoms with van der Waals surface area (Å²) >= 11 is 4.52. The van der Waals surface area contributed by atoms with E-state index in [9.17, 15) is 8.78 Å². The molecule has 140 valence electrons. The molecule has 2 aromatic heterocycles. The Hall–Kier alpha value is -1.85. The van der Waals surface area contributed by atoms with Crippen LogP contribution in [0.5, 0.6) is 0 Å². The van der Waals surface area contributed by atoms with E-state index in [2.05, 4.69) is 20.9 Å². The van der Waals surface area contributed by atoms with Gasteiger partial charge >= 0.3 is 0 Å². The van der Waals surface area contributed by atoms with Gasteiger partial charge in [0.15, 0.2) is 6.19 Å². The number of alkyl halides is 2. The van der Waals surface area contributed by atoms with Crippen LogP contribution in [0.1, 0.15) is 49.9 Å². The van der Waals surface area contributed by atoms with Crippen LogP contribution in [-0.2, 0) is 0 Å². The van der Waals surface area contributed by atoms with Crippen molar-refractivity contribution in [3.05, 3.63) is 38.5 Å². The first-order valence-corrected chi connectivity index (χ1v) is 9.64. The van der Waals surface area contributed by atoms with Gasteiger partial charge in [0.1, 0.15) is 4.83 Å². The van der Waals surface area contributed by atoms with E-state index in [1.807, 2.05) is 33.0 Å². The molecule has 26 heavy (non-hydrogen) atoms. The van der Waals surface area contributed by atoms with Crippen molar-refractivity contribution >= 4 is 43.1 Å². The number of nitriles is 1. The van der Waals surface area contributed by atoms with Gasteiger partial charge in [-0.2, -0.15) is 5.26 Å². The molecule has 0 aliphatic heterocycles. The minimum Gasteiger partial charge on any atom is -0.404 e. The third-order valence-electron chi connectivity index (χ3n) is 4.00. The Morgan fingerprint density at radius 3 is 2.58 bits per heavy atom. The minimum atomic E-state index is -2.56. The smallest absolute Gasteiger partial charge is 0.266 e. The molecular weight excluding hydrogens is 422 g/mol. The molecule has 0 bridgehead atoms. The molecule has 0 radical (unpaired) electrons. The number of thiophene rings is 1. The number of fused-ring (bicyclic) bond motifs is 1. The second kappa shape index (κ2) is 8.23. The molecule has 0 aliphatic rings. The molecule has 8 heteroatoms. The fraction of sp³-hybridized carbons (Fsp3) is 0.389. The van der Waals surface area contributed by atoms with Gasteiger partial charge < -0.3 is 15.6 Å². The lowest BCUT2D eigenvalue weighted by Crippen LogP contribution is -2.13. The summed E-state index contributed by atoms with van der Waals surface area (Å²) in [6, 6.07) is 0. The van der Waals surface area contributed by atoms with Gasteiger partial charge in [-0.05, 0) is 34.3 Å². The number of nitrogens with two attached hydrogens (primary N) is 1. The standard InChI is InChI=1S/C18H21BrF2N4S/c1-9(2)12-13-14(17(20)21)16(19)26-18(13)24-15(12)11(6-22)5-10(3)7-25(4)8-23/h5-6,9,17,24H,7,22H2,1-4H3/b10-5-,11-6+. The summed E-state index contributed by atoms with van der Waals surface area (Å²) in [5.41, 5.74) is 9.10. The van der Waals surface area contributed by atoms with Crippen LogP contribution in [-0.4, -0.2) is 23.5 Å². The molecule has 2 rings (SSSR count). The van der Waals surface area contributed by atoms with Crippen LogP contribution < -0.4 is 5.73 Å². The van der Waals surface area contributed by atoms with Crippen LogP contribution in [0.15, 0.2) is 21.6 Å². The Bertz CT molecular complexity index is 903. The number of likely N-dealkylation sites (N-methyl/N-ethyl adjacent to an activating group) is 1. The zero-order valence-corrected chi connectivity index (χ0v) is 17.4. The van der Waals surface area contributed by atoms with Crippen molar-refractivity contribution in [2.24, 2.45) is 5.73 Å². The maximum absolute atomic E-state index is 13.6. The van der Waals surface area contributed by atoms with Crippen molar-refractivity contribution in [3.8, 4) is 6.19 Å². The number of nitrogens with zero attached hydrogens (tertiary/aromatic N) is 2. The average molecular weight is 443 g/mol. The number of nitrogens with one attached hydrogen (secondary N) is 1. The summed E-state index contributed by atoms with van der Waals surface area (Å²) in [5, 5.41) is 9.48. The third-order valence-corrected chi connectivity index (χ3v) is 5.82. The van der Waals surface area contributed by atoms with Crippen molar-refractivity contribution in [3.63, 3.8) is 0 Å². The first-order chi connectivity index (χ1) is 12.2. The molecule has 0 amide bonds. The Kier molecular flexibility index (Phi) is 6.48.